The second-order valence-electron chi connectivity index (χ2n) is 5.28. The molecule has 2 unspecified atom stereocenters. The van der Waals surface area contributed by atoms with E-state index in [4.69, 9.17) is 5.11 Å². The van der Waals surface area contributed by atoms with Gasteiger partial charge in [-0.05, 0) is 25.7 Å². The molecule has 2 rings (SSSR count). The van der Waals surface area contributed by atoms with Crippen LogP contribution >= 0.6 is 0 Å². The van der Waals surface area contributed by atoms with E-state index in [0.717, 1.165) is 6.42 Å². The van der Waals surface area contributed by atoms with E-state index in [0.29, 0.717) is 25.4 Å². The standard InChI is InChI=1S/C12H21N3O3S/c1-10-6-11(2)15(8-10)19(17,18)12-7-13-14(9-12)4-3-5-16/h7,9-11,16H,3-6,8H2,1-2H3. The van der Waals surface area contributed by atoms with Gasteiger partial charge in [0.2, 0.25) is 10.0 Å². The highest BCUT2D eigenvalue weighted by Crippen LogP contribution is 2.28. The van der Waals surface area contributed by atoms with Gasteiger partial charge in [-0.2, -0.15) is 9.40 Å². The van der Waals surface area contributed by atoms with Crippen LogP contribution in [0, 0.1) is 5.92 Å². The molecule has 108 valence electrons. The van der Waals surface area contributed by atoms with E-state index in [-0.39, 0.29) is 17.5 Å². The average Bonchev–Trinajstić information content (AvgIpc) is 2.93. The zero-order chi connectivity index (χ0) is 14.0. The molecule has 1 saturated heterocycles. The van der Waals surface area contributed by atoms with Crippen LogP contribution in [0.1, 0.15) is 26.7 Å². The SMILES string of the molecule is CC1CC(C)N(S(=O)(=O)c2cnn(CCCO)c2)C1. The summed E-state index contributed by atoms with van der Waals surface area (Å²) < 4.78 is 28.1. The lowest BCUT2D eigenvalue weighted by atomic mass is 10.1. The van der Waals surface area contributed by atoms with Gasteiger partial charge in [-0.25, -0.2) is 8.42 Å². The molecule has 2 atom stereocenters. The van der Waals surface area contributed by atoms with Gasteiger partial charge in [-0.3, -0.25) is 4.68 Å². The Morgan fingerprint density at radius 3 is 2.79 bits per heavy atom. The first kappa shape index (κ1) is 14.5. The quantitative estimate of drug-likeness (QED) is 0.864. The summed E-state index contributed by atoms with van der Waals surface area (Å²) in [6.45, 7) is 5.18. The van der Waals surface area contributed by atoms with Crippen molar-refractivity contribution in [2.75, 3.05) is 13.2 Å². The number of nitrogens with zero attached hydrogens (tertiary/aromatic N) is 3. The summed E-state index contributed by atoms with van der Waals surface area (Å²) in [6.07, 6.45) is 4.40. The summed E-state index contributed by atoms with van der Waals surface area (Å²) in [5.41, 5.74) is 0. The molecular formula is C12H21N3O3S. The van der Waals surface area contributed by atoms with E-state index in [2.05, 4.69) is 12.0 Å². The fourth-order valence-electron chi connectivity index (χ4n) is 2.56. The van der Waals surface area contributed by atoms with E-state index < -0.39 is 10.0 Å². The summed E-state index contributed by atoms with van der Waals surface area (Å²) >= 11 is 0. The third kappa shape index (κ3) is 2.98. The minimum Gasteiger partial charge on any atom is -0.396 e. The van der Waals surface area contributed by atoms with E-state index in [1.54, 1.807) is 15.2 Å². The molecule has 7 heteroatoms. The monoisotopic (exact) mass is 287 g/mol. The van der Waals surface area contributed by atoms with Crippen LogP contribution in [0.3, 0.4) is 0 Å². The highest BCUT2D eigenvalue weighted by atomic mass is 32.2. The van der Waals surface area contributed by atoms with Crippen molar-refractivity contribution >= 4 is 10.0 Å². The van der Waals surface area contributed by atoms with Crippen LogP contribution in [0.4, 0.5) is 0 Å². The predicted octanol–water partition coefficient (Wildman–Crippen LogP) is 0.684. The fourth-order valence-corrected chi connectivity index (χ4v) is 4.28. The van der Waals surface area contributed by atoms with Crippen molar-refractivity contribution in [3.05, 3.63) is 12.4 Å². The summed E-state index contributed by atoms with van der Waals surface area (Å²) in [4.78, 5) is 0.242. The number of aryl methyl sites for hydroxylation is 1. The Hall–Kier alpha value is -0.920. The second kappa shape index (κ2) is 5.60. The van der Waals surface area contributed by atoms with Gasteiger partial charge in [0.1, 0.15) is 4.90 Å². The topological polar surface area (TPSA) is 75.4 Å². The first-order valence-corrected chi connectivity index (χ1v) is 8.04. The van der Waals surface area contributed by atoms with Crippen LogP contribution in [0.2, 0.25) is 0 Å². The van der Waals surface area contributed by atoms with Gasteiger partial charge in [0.25, 0.3) is 0 Å². The highest BCUT2D eigenvalue weighted by Gasteiger charge is 2.36. The molecule has 19 heavy (non-hydrogen) atoms. The molecule has 1 N–H and O–H groups in total. The van der Waals surface area contributed by atoms with Gasteiger partial charge in [0.15, 0.2) is 0 Å². The lowest BCUT2D eigenvalue weighted by Gasteiger charge is -2.19. The van der Waals surface area contributed by atoms with Crippen LogP contribution in [0.15, 0.2) is 17.3 Å². The van der Waals surface area contributed by atoms with Crippen LogP contribution in [-0.2, 0) is 16.6 Å². The molecular weight excluding hydrogens is 266 g/mol. The molecule has 0 radical (unpaired) electrons. The highest BCUT2D eigenvalue weighted by molar-refractivity contribution is 7.89. The zero-order valence-electron chi connectivity index (χ0n) is 11.4. The van der Waals surface area contributed by atoms with E-state index >= 15 is 0 Å². The summed E-state index contributed by atoms with van der Waals surface area (Å²) in [5.74, 6) is 0.397. The number of aromatic nitrogens is 2. The molecule has 0 spiro atoms. The normalized spacial score (nSPS) is 25.0. The molecule has 1 aliphatic heterocycles. The van der Waals surface area contributed by atoms with E-state index in [1.165, 1.54) is 6.20 Å². The minimum atomic E-state index is -3.44. The Morgan fingerprint density at radius 2 is 2.21 bits per heavy atom. The number of rotatable bonds is 5. The molecule has 1 fully saturated rings. The predicted molar refractivity (Wildman–Crippen MR) is 71.1 cm³/mol. The van der Waals surface area contributed by atoms with Crippen molar-refractivity contribution in [1.29, 1.82) is 0 Å². The summed E-state index contributed by atoms with van der Waals surface area (Å²) in [7, 11) is -3.44. The summed E-state index contributed by atoms with van der Waals surface area (Å²) in [5, 5.41) is 12.8. The first-order chi connectivity index (χ1) is 8.95. The van der Waals surface area contributed by atoms with Crippen molar-refractivity contribution in [3.63, 3.8) is 0 Å². The Kier molecular flexibility index (Phi) is 4.27. The van der Waals surface area contributed by atoms with Gasteiger partial charge in [0, 0.05) is 31.9 Å². The third-order valence-corrected chi connectivity index (χ3v) is 5.42. The molecule has 1 aliphatic rings. The molecule has 0 bridgehead atoms. The van der Waals surface area contributed by atoms with Crippen molar-refractivity contribution in [3.8, 4) is 0 Å². The van der Waals surface area contributed by atoms with Gasteiger partial charge < -0.3 is 5.11 Å². The minimum absolute atomic E-state index is 0.0424. The van der Waals surface area contributed by atoms with Gasteiger partial charge in [-0.1, -0.05) is 6.92 Å². The largest absolute Gasteiger partial charge is 0.396 e. The maximum Gasteiger partial charge on any atom is 0.246 e. The summed E-state index contributed by atoms with van der Waals surface area (Å²) in [6, 6.07) is 0.0424. The van der Waals surface area contributed by atoms with Crippen molar-refractivity contribution < 1.29 is 13.5 Å². The molecule has 2 heterocycles. The number of aliphatic hydroxyl groups is 1. The lowest BCUT2D eigenvalue weighted by Crippen LogP contribution is -2.33. The van der Waals surface area contributed by atoms with Crippen LogP contribution in [-0.4, -0.2) is 46.8 Å². The van der Waals surface area contributed by atoms with Crippen LogP contribution in [0.5, 0.6) is 0 Å². The van der Waals surface area contributed by atoms with Gasteiger partial charge >= 0.3 is 0 Å². The maximum absolute atomic E-state index is 12.5. The molecule has 0 saturated carbocycles. The lowest BCUT2D eigenvalue weighted by molar-refractivity contribution is 0.277. The Bertz CT molecular complexity index is 526. The van der Waals surface area contributed by atoms with E-state index in [9.17, 15) is 8.42 Å². The number of hydrogen-bond donors (Lipinski definition) is 1. The molecule has 0 amide bonds. The van der Waals surface area contributed by atoms with Crippen molar-refractivity contribution in [2.45, 2.75) is 44.2 Å². The Balaban J connectivity index is 2.17. The third-order valence-electron chi connectivity index (χ3n) is 3.49. The Morgan fingerprint density at radius 1 is 1.47 bits per heavy atom. The van der Waals surface area contributed by atoms with Gasteiger partial charge in [-0.15, -0.1) is 0 Å². The Labute approximate surface area is 114 Å². The van der Waals surface area contributed by atoms with E-state index in [1.807, 2.05) is 6.92 Å². The van der Waals surface area contributed by atoms with Gasteiger partial charge in [0.05, 0.1) is 6.20 Å². The fraction of sp³-hybridized carbons (Fsp3) is 0.750. The van der Waals surface area contributed by atoms with Crippen LogP contribution < -0.4 is 0 Å². The number of aliphatic hydroxyl groups excluding tert-OH is 1. The molecule has 1 aromatic heterocycles. The smallest absolute Gasteiger partial charge is 0.246 e. The zero-order valence-corrected chi connectivity index (χ0v) is 12.2. The second-order valence-corrected chi connectivity index (χ2v) is 7.17. The van der Waals surface area contributed by atoms with Crippen molar-refractivity contribution in [1.82, 2.24) is 14.1 Å². The maximum atomic E-state index is 12.5. The number of sulfonamides is 1. The number of hydrogen-bond acceptors (Lipinski definition) is 4. The molecule has 0 aliphatic carbocycles. The van der Waals surface area contributed by atoms with Crippen LogP contribution in [0.25, 0.3) is 0 Å². The van der Waals surface area contributed by atoms with Crippen molar-refractivity contribution in [2.24, 2.45) is 5.92 Å². The molecule has 1 aromatic rings. The average molecular weight is 287 g/mol. The molecule has 6 nitrogen and oxygen atoms in total. The first-order valence-electron chi connectivity index (χ1n) is 6.60. The molecule has 0 aromatic carbocycles.